The number of hydrogen-bond donors (Lipinski definition) is 0. The molecule has 0 unspecified atom stereocenters. The van der Waals surface area contributed by atoms with Gasteiger partial charge in [-0.05, 0) is 35.6 Å². The largest absolute Gasteiger partial charge is 0.379 e. The Morgan fingerprint density at radius 3 is 2.37 bits per heavy atom. The number of ether oxygens (including phenoxy) is 1. The number of benzene rings is 2. The van der Waals surface area contributed by atoms with Crippen LogP contribution >= 0.6 is 11.3 Å². The lowest BCUT2D eigenvalue weighted by Crippen LogP contribution is -2.47. The van der Waals surface area contributed by atoms with E-state index in [1.54, 1.807) is 16.2 Å². The zero-order valence-electron chi connectivity index (χ0n) is 20.3. The fourth-order valence-electron chi connectivity index (χ4n) is 4.21. The number of nitrogens with zero attached hydrogens (tertiary/aromatic N) is 3. The maximum Gasteiger partial charge on any atom is 0.254 e. The Morgan fingerprint density at radius 2 is 1.66 bits per heavy atom. The van der Waals surface area contributed by atoms with Gasteiger partial charge in [-0.1, -0.05) is 54.6 Å². The third kappa shape index (κ3) is 7.24. The molecule has 0 atom stereocenters. The van der Waals surface area contributed by atoms with Gasteiger partial charge in [0.05, 0.1) is 19.8 Å². The molecule has 0 radical (unpaired) electrons. The molecule has 0 aliphatic carbocycles. The average molecular weight is 492 g/mol. The lowest BCUT2D eigenvalue weighted by Gasteiger charge is -2.31. The number of aryl methyl sites for hydroxylation is 1. The summed E-state index contributed by atoms with van der Waals surface area (Å²) in [4.78, 5) is 34.2. The van der Waals surface area contributed by atoms with E-state index in [4.69, 9.17) is 4.74 Å². The Balaban J connectivity index is 1.52. The van der Waals surface area contributed by atoms with Gasteiger partial charge in [0.15, 0.2) is 0 Å². The number of hydrogen-bond acceptors (Lipinski definition) is 5. The fourth-order valence-corrected chi connectivity index (χ4v) is 4.93. The summed E-state index contributed by atoms with van der Waals surface area (Å²) in [6.07, 6.45) is 0. The van der Waals surface area contributed by atoms with E-state index in [1.807, 2.05) is 83.9 Å². The van der Waals surface area contributed by atoms with Gasteiger partial charge in [-0.15, -0.1) is 11.3 Å². The first-order chi connectivity index (χ1) is 17.1. The summed E-state index contributed by atoms with van der Waals surface area (Å²) in [5.74, 6) is -0.147. The van der Waals surface area contributed by atoms with Gasteiger partial charge in [0, 0.05) is 43.2 Å². The highest BCUT2D eigenvalue weighted by Crippen LogP contribution is 2.17. The summed E-state index contributed by atoms with van der Waals surface area (Å²) in [7, 11) is 0. The maximum atomic E-state index is 13.7. The maximum absolute atomic E-state index is 13.7. The highest BCUT2D eigenvalue weighted by molar-refractivity contribution is 7.09. The van der Waals surface area contributed by atoms with Crippen molar-refractivity contribution >= 4 is 23.2 Å². The Bertz CT molecular complexity index is 1080. The molecule has 2 amide bonds. The molecule has 3 aromatic rings. The number of carbonyl (C=O) groups excluding carboxylic acids is 2. The molecule has 0 N–H and O–H groups in total. The molecule has 1 saturated heterocycles. The van der Waals surface area contributed by atoms with E-state index >= 15 is 0 Å². The van der Waals surface area contributed by atoms with Gasteiger partial charge in [0.2, 0.25) is 5.91 Å². The lowest BCUT2D eigenvalue weighted by atomic mass is 10.1. The third-order valence-electron chi connectivity index (χ3n) is 6.27. The molecule has 184 valence electrons. The van der Waals surface area contributed by atoms with E-state index in [-0.39, 0.29) is 18.4 Å². The first-order valence-corrected chi connectivity index (χ1v) is 13.0. The molecule has 1 fully saturated rings. The van der Waals surface area contributed by atoms with Crippen molar-refractivity contribution in [3.8, 4) is 0 Å². The summed E-state index contributed by atoms with van der Waals surface area (Å²) in [5.41, 5.74) is 2.64. The number of morpholine rings is 1. The van der Waals surface area contributed by atoms with Crippen LogP contribution in [0.2, 0.25) is 0 Å². The lowest BCUT2D eigenvalue weighted by molar-refractivity contribution is -0.133. The van der Waals surface area contributed by atoms with Crippen molar-refractivity contribution in [1.82, 2.24) is 14.7 Å². The molecule has 7 heteroatoms. The van der Waals surface area contributed by atoms with Gasteiger partial charge in [-0.2, -0.15) is 0 Å². The molecule has 4 rings (SSSR count). The molecule has 0 spiro atoms. The van der Waals surface area contributed by atoms with Crippen LogP contribution in [-0.2, 0) is 22.6 Å². The van der Waals surface area contributed by atoms with Gasteiger partial charge >= 0.3 is 0 Å². The van der Waals surface area contributed by atoms with E-state index in [0.29, 0.717) is 38.4 Å². The van der Waals surface area contributed by atoms with Crippen molar-refractivity contribution in [2.24, 2.45) is 0 Å². The number of carbonyl (C=O) groups is 2. The van der Waals surface area contributed by atoms with Crippen LogP contribution in [0.5, 0.6) is 0 Å². The van der Waals surface area contributed by atoms with Crippen molar-refractivity contribution in [2.75, 3.05) is 45.9 Å². The van der Waals surface area contributed by atoms with E-state index < -0.39 is 0 Å². The van der Waals surface area contributed by atoms with Crippen LogP contribution in [0.25, 0.3) is 0 Å². The smallest absolute Gasteiger partial charge is 0.254 e. The van der Waals surface area contributed by atoms with E-state index in [1.165, 1.54) is 0 Å². The van der Waals surface area contributed by atoms with Gasteiger partial charge in [-0.3, -0.25) is 14.5 Å². The second kappa shape index (κ2) is 12.6. The van der Waals surface area contributed by atoms with Crippen molar-refractivity contribution in [3.63, 3.8) is 0 Å². The summed E-state index contributed by atoms with van der Waals surface area (Å²) >= 11 is 1.64. The number of thiophene rings is 1. The van der Waals surface area contributed by atoms with Crippen LogP contribution in [0.4, 0.5) is 0 Å². The zero-order valence-corrected chi connectivity index (χ0v) is 21.1. The van der Waals surface area contributed by atoms with Gasteiger partial charge in [-0.25, -0.2) is 0 Å². The van der Waals surface area contributed by atoms with Crippen LogP contribution < -0.4 is 0 Å². The molecule has 0 bridgehead atoms. The minimum atomic E-state index is -0.0968. The number of rotatable bonds is 10. The summed E-state index contributed by atoms with van der Waals surface area (Å²) in [6.45, 7) is 7.34. The van der Waals surface area contributed by atoms with E-state index in [2.05, 4.69) is 4.90 Å². The quantitative estimate of drug-likeness (QED) is 0.429. The van der Waals surface area contributed by atoms with Crippen molar-refractivity contribution in [3.05, 3.63) is 93.7 Å². The predicted molar refractivity (Wildman–Crippen MR) is 139 cm³/mol. The Hall–Kier alpha value is -3.00. The first kappa shape index (κ1) is 25.1. The summed E-state index contributed by atoms with van der Waals surface area (Å²) in [6, 6.07) is 21.6. The normalized spacial score (nSPS) is 14.0. The first-order valence-electron chi connectivity index (χ1n) is 12.1. The standard InChI is InChI=1S/C28H33N3O3S/c1-23-8-5-6-12-26(23)28(33)30(14-13-29-15-17-34-18-16-29)22-27(32)31(21-25-11-7-19-35-25)20-24-9-3-2-4-10-24/h2-12,19H,13-18,20-22H2,1H3. The van der Waals surface area contributed by atoms with E-state index in [0.717, 1.165) is 35.6 Å². The molecule has 2 aromatic carbocycles. The fraction of sp³-hybridized carbons (Fsp3) is 0.357. The minimum absolute atomic E-state index is 0.0498. The van der Waals surface area contributed by atoms with Crippen LogP contribution in [0.3, 0.4) is 0 Å². The van der Waals surface area contributed by atoms with Crippen molar-refractivity contribution in [2.45, 2.75) is 20.0 Å². The predicted octanol–water partition coefficient (Wildman–Crippen LogP) is 4.06. The van der Waals surface area contributed by atoms with Gasteiger partial charge in [0.1, 0.15) is 6.54 Å². The SMILES string of the molecule is Cc1ccccc1C(=O)N(CCN1CCOCC1)CC(=O)N(Cc1ccccc1)Cc1cccs1. The topological polar surface area (TPSA) is 53.1 Å². The highest BCUT2D eigenvalue weighted by Gasteiger charge is 2.25. The van der Waals surface area contributed by atoms with Gasteiger partial charge < -0.3 is 14.5 Å². The van der Waals surface area contributed by atoms with Gasteiger partial charge in [0.25, 0.3) is 5.91 Å². The second-order valence-corrected chi connectivity index (χ2v) is 9.84. The third-order valence-corrected chi connectivity index (χ3v) is 7.14. The number of amides is 2. The molecule has 1 aromatic heterocycles. The Labute approximate surface area is 211 Å². The molecule has 6 nitrogen and oxygen atoms in total. The summed E-state index contributed by atoms with van der Waals surface area (Å²) < 4.78 is 5.46. The molecule has 0 saturated carbocycles. The summed E-state index contributed by atoms with van der Waals surface area (Å²) in [5, 5.41) is 2.02. The average Bonchev–Trinajstić information content (AvgIpc) is 3.40. The molecular weight excluding hydrogens is 458 g/mol. The highest BCUT2D eigenvalue weighted by atomic mass is 32.1. The molecule has 35 heavy (non-hydrogen) atoms. The zero-order chi connectivity index (χ0) is 24.5. The van der Waals surface area contributed by atoms with Crippen molar-refractivity contribution < 1.29 is 14.3 Å². The molecule has 2 heterocycles. The minimum Gasteiger partial charge on any atom is -0.379 e. The second-order valence-electron chi connectivity index (χ2n) is 8.81. The monoisotopic (exact) mass is 491 g/mol. The van der Waals surface area contributed by atoms with Crippen molar-refractivity contribution in [1.29, 1.82) is 0 Å². The molecule has 1 aliphatic rings. The van der Waals surface area contributed by atoms with Crippen LogP contribution in [0.15, 0.2) is 72.1 Å². The van der Waals surface area contributed by atoms with Crippen LogP contribution in [-0.4, -0.2) is 72.5 Å². The molecule has 1 aliphatic heterocycles. The Morgan fingerprint density at radius 1 is 0.914 bits per heavy atom. The molecular formula is C28H33N3O3S. The van der Waals surface area contributed by atoms with Crippen LogP contribution in [0.1, 0.15) is 26.4 Å². The Kier molecular flexibility index (Phi) is 9.06. The van der Waals surface area contributed by atoms with E-state index in [9.17, 15) is 9.59 Å². The van der Waals surface area contributed by atoms with Crippen LogP contribution in [0, 0.1) is 6.92 Å².